The van der Waals surface area contributed by atoms with Crippen molar-refractivity contribution in [2.24, 2.45) is 17.6 Å². The van der Waals surface area contributed by atoms with E-state index in [4.69, 9.17) is 5.73 Å². The van der Waals surface area contributed by atoms with E-state index in [2.05, 4.69) is 69.0 Å². The van der Waals surface area contributed by atoms with Gasteiger partial charge in [0.05, 0.1) is 0 Å². The van der Waals surface area contributed by atoms with Crippen molar-refractivity contribution < 1.29 is 0 Å². The molecule has 2 heteroatoms. The SMILES string of the molecule is Cc1cccc(CN(Cc2c(C)cc(C)cc2C)CC2CCC(CN)CC2)c1. The van der Waals surface area contributed by atoms with Gasteiger partial charge >= 0.3 is 0 Å². The first-order valence-electron chi connectivity index (χ1n) is 11.0. The standard InChI is InChI=1S/C26H38N2/c1-19-6-5-7-25(14-19)17-28(16-24-10-8-23(15-27)9-11-24)18-26-21(3)12-20(2)13-22(26)4/h5-7,12-14,23-24H,8-11,15-18,27H2,1-4H3. The molecule has 152 valence electrons. The fourth-order valence-electron chi connectivity index (χ4n) is 4.95. The smallest absolute Gasteiger partial charge is 0.0242 e. The number of hydrogen-bond acceptors (Lipinski definition) is 2. The summed E-state index contributed by atoms with van der Waals surface area (Å²) in [7, 11) is 0. The molecule has 1 fully saturated rings. The number of rotatable bonds is 7. The van der Waals surface area contributed by atoms with Gasteiger partial charge in [0.25, 0.3) is 0 Å². The summed E-state index contributed by atoms with van der Waals surface area (Å²) in [5.74, 6) is 1.56. The lowest BCUT2D eigenvalue weighted by Gasteiger charge is -2.33. The third-order valence-corrected chi connectivity index (χ3v) is 6.53. The van der Waals surface area contributed by atoms with Gasteiger partial charge in [0.2, 0.25) is 0 Å². The molecule has 28 heavy (non-hydrogen) atoms. The topological polar surface area (TPSA) is 29.3 Å². The summed E-state index contributed by atoms with van der Waals surface area (Å²) in [5, 5.41) is 0. The average molecular weight is 379 g/mol. The molecule has 0 spiro atoms. The van der Waals surface area contributed by atoms with Crippen molar-refractivity contribution >= 4 is 0 Å². The molecule has 1 aliphatic carbocycles. The highest BCUT2D eigenvalue weighted by Crippen LogP contribution is 2.30. The van der Waals surface area contributed by atoms with E-state index in [0.29, 0.717) is 0 Å². The van der Waals surface area contributed by atoms with E-state index in [0.717, 1.165) is 31.5 Å². The highest BCUT2D eigenvalue weighted by Gasteiger charge is 2.23. The zero-order chi connectivity index (χ0) is 20.1. The molecule has 0 unspecified atom stereocenters. The molecule has 1 aliphatic rings. The van der Waals surface area contributed by atoms with Gasteiger partial charge in [-0.1, -0.05) is 47.5 Å². The summed E-state index contributed by atoms with van der Waals surface area (Å²) < 4.78 is 0. The van der Waals surface area contributed by atoms with Crippen LogP contribution in [-0.4, -0.2) is 18.0 Å². The van der Waals surface area contributed by atoms with E-state index in [1.54, 1.807) is 0 Å². The molecule has 0 saturated heterocycles. The van der Waals surface area contributed by atoms with Crippen LogP contribution in [0.4, 0.5) is 0 Å². The second-order valence-corrected chi connectivity index (χ2v) is 9.16. The van der Waals surface area contributed by atoms with Crippen LogP contribution < -0.4 is 5.73 Å². The summed E-state index contributed by atoms with van der Waals surface area (Å²) in [4.78, 5) is 2.69. The van der Waals surface area contributed by atoms with E-state index >= 15 is 0 Å². The van der Waals surface area contributed by atoms with Crippen molar-refractivity contribution in [3.05, 3.63) is 69.8 Å². The van der Waals surface area contributed by atoms with Crippen LogP contribution in [0.3, 0.4) is 0 Å². The van der Waals surface area contributed by atoms with Crippen LogP contribution >= 0.6 is 0 Å². The molecular weight excluding hydrogens is 340 g/mol. The average Bonchev–Trinajstić information content (AvgIpc) is 2.65. The zero-order valence-corrected chi connectivity index (χ0v) is 18.3. The monoisotopic (exact) mass is 378 g/mol. The van der Waals surface area contributed by atoms with Crippen molar-refractivity contribution in [2.75, 3.05) is 13.1 Å². The third kappa shape index (κ3) is 5.68. The van der Waals surface area contributed by atoms with Gasteiger partial charge in [0.15, 0.2) is 0 Å². The second-order valence-electron chi connectivity index (χ2n) is 9.16. The molecule has 3 rings (SSSR count). The molecule has 2 aromatic carbocycles. The van der Waals surface area contributed by atoms with Crippen molar-refractivity contribution in [2.45, 2.75) is 66.5 Å². The summed E-state index contributed by atoms with van der Waals surface area (Å²) >= 11 is 0. The van der Waals surface area contributed by atoms with Crippen molar-refractivity contribution in [3.8, 4) is 0 Å². The van der Waals surface area contributed by atoms with Crippen LogP contribution in [0.25, 0.3) is 0 Å². The first-order chi connectivity index (χ1) is 13.4. The van der Waals surface area contributed by atoms with Gasteiger partial charge in [-0.05, 0) is 94.0 Å². The Labute approximate surface area is 172 Å². The molecule has 0 aromatic heterocycles. The summed E-state index contributed by atoms with van der Waals surface area (Å²) in [5.41, 5.74) is 14.4. The summed E-state index contributed by atoms with van der Waals surface area (Å²) in [6.45, 7) is 13.1. The van der Waals surface area contributed by atoms with Crippen LogP contribution in [0.5, 0.6) is 0 Å². The normalized spacial score (nSPS) is 19.9. The largest absolute Gasteiger partial charge is 0.330 e. The van der Waals surface area contributed by atoms with E-state index in [1.165, 1.54) is 65.6 Å². The van der Waals surface area contributed by atoms with Gasteiger partial charge in [0, 0.05) is 19.6 Å². The van der Waals surface area contributed by atoms with E-state index in [9.17, 15) is 0 Å². The molecule has 1 saturated carbocycles. The molecule has 0 bridgehead atoms. The minimum atomic E-state index is 0.753. The van der Waals surface area contributed by atoms with Gasteiger partial charge in [-0.15, -0.1) is 0 Å². The minimum Gasteiger partial charge on any atom is -0.330 e. The molecule has 2 nitrogen and oxygen atoms in total. The predicted molar refractivity (Wildman–Crippen MR) is 120 cm³/mol. The number of benzene rings is 2. The van der Waals surface area contributed by atoms with Crippen molar-refractivity contribution in [3.63, 3.8) is 0 Å². The Morgan fingerprint density at radius 2 is 1.46 bits per heavy atom. The van der Waals surface area contributed by atoms with Crippen molar-refractivity contribution in [1.82, 2.24) is 4.90 Å². The quantitative estimate of drug-likeness (QED) is 0.671. The number of nitrogens with zero attached hydrogens (tertiary/aromatic N) is 1. The van der Waals surface area contributed by atoms with E-state index < -0.39 is 0 Å². The molecule has 0 atom stereocenters. The Balaban J connectivity index is 1.76. The van der Waals surface area contributed by atoms with E-state index in [1.807, 2.05) is 0 Å². The van der Waals surface area contributed by atoms with Crippen LogP contribution in [0, 0.1) is 39.5 Å². The molecule has 2 aromatic rings. The fourth-order valence-corrected chi connectivity index (χ4v) is 4.95. The Bertz CT molecular complexity index is 749. The third-order valence-electron chi connectivity index (χ3n) is 6.53. The number of hydrogen-bond donors (Lipinski definition) is 1. The first kappa shape index (κ1) is 21.1. The fraction of sp³-hybridized carbons (Fsp3) is 0.538. The lowest BCUT2D eigenvalue weighted by molar-refractivity contribution is 0.169. The zero-order valence-electron chi connectivity index (χ0n) is 18.3. The number of aryl methyl sites for hydroxylation is 4. The Morgan fingerprint density at radius 3 is 2.07 bits per heavy atom. The summed E-state index contributed by atoms with van der Waals surface area (Å²) in [6, 6.07) is 13.7. The Kier molecular flexibility index (Phi) is 7.31. The lowest BCUT2D eigenvalue weighted by atomic mass is 9.81. The maximum atomic E-state index is 5.90. The summed E-state index contributed by atoms with van der Waals surface area (Å²) in [6.07, 6.45) is 5.28. The molecule has 0 amide bonds. The van der Waals surface area contributed by atoms with Gasteiger partial charge in [0.1, 0.15) is 0 Å². The predicted octanol–water partition coefficient (Wildman–Crippen LogP) is 5.69. The molecule has 0 heterocycles. The highest BCUT2D eigenvalue weighted by atomic mass is 15.1. The highest BCUT2D eigenvalue weighted by molar-refractivity contribution is 5.37. The van der Waals surface area contributed by atoms with Gasteiger partial charge < -0.3 is 5.73 Å². The van der Waals surface area contributed by atoms with Gasteiger partial charge in [-0.3, -0.25) is 4.90 Å². The van der Waals surface area contributed by atoms with Crippen LogP contribution in [0.15, 0.2) is 36.4 Å². The Morgan fingerprint density at radius 1 is 0.821 bits per heavy atom. The number of nitrogens with two attached hydrogens (primary N) is 1. The molecule has 0 aliphatic heterocycles. The molecule has 2 N–H and O–H groups in total. The minimum absolute atomic E-state index is 0.753. The van der Waals surface area contributed by atoms with E-state index in [-0.39, 0.29) is 0 Å². The maximum absolute atomic E-state index is 5.90. The van der Waals surface area contributed by atoms with Gasteiger partial charge in [-0.2, -0.15) is 0 Å². The molecular formula is C26H38N2. The lowest BCUT2D eigenvalue weighted by Crippen LogP contribution is -2.32. The molecule has 0 radical (unpaired) electrons. The van der Waals surface area contributed by atoms with Crippen molar-refractivity contribution in [1.29, 1.82) is 0 Å². The maximum Gasteiger partial charge on any atom is 0.0242 e. The Hall–Kier alpha value is -1.64. The van der Waals surface area contributed by atoms with Gasteiger partial charge in [-0.25, -0.2) is 0 Å². The van der Waals surface area contributed by atoms with Crippen LogP contribution in [0.2, 0.25) is 0 Å². The van der Waals surface area contributed by atoms with Crippen LogP contribution in [0.1, 0.15) is 59.1 Å². The second kappa shape index (κ2) is 9.71. The van der Waals surface area contributed by atoms with Crippen LogP contribution in [-0.2, 0) is 13.1 Å². The first-order valence-corrected chi connectivity index (χ1v) is 11.0.